The van der Waals surface area contributed by atoms with Crippen molar-refractivity contribution in [3.8, 4) is 0 Å². The van der Waals surface area contributed by atoms with Crippen molar-refractivity contribution < 1.29 is 4.79 Å². The second kappa shape index (κ2) is 6.59. The van der Waals surface area contributed by atoms with Crippen molar-refractivity contribution in [3.05, 3.63) is 34.0 Å². The first-order valence-electron chi connectivity index (χ1n) is 8.38. The van der Waals surface area contributed by atoms with E-state index in [4.69, 9.17) is 0 Å². The summed E-state index contributed by atoms with van der Waals surface area (Å²) in [7, 11) is 0. The van der Waals surface area contributed by atoms with Crippen LogP contribution in [0.1, 0.15) is 52.7 Å². The summed E-state index contributed by atoms with van der Waals surface area (Å²) in [6.07, 6.45) is 1.49. The lowest BCUT2D eigenvalue weighted by Gasteiger charge is -2.20. The van der Waals surface area contributed by atoms with E-state index in [0.29, 0.717) is 30.5 Å². The van der Waals surface area contributed by atoms with Crippen LogP contribution in [0.4, 0.5) is 5.82 Å². The minimum atomic E-state index is -0.109. The van der Waals surface area contributed by atoms with Gasteiger partial charge in [0.1, 0.15) is 17.3 Å². The molecule has 0 aromatic carbocycles. The molecule has 0 fully saturated rings. The maximum Gasteiger partial charge on any atom is 0.270 e. The monoisotopic (exact) mass is 328 g/mol. The largest absolute Gasteiger partial charge is 0.365 e. The minimum Gasteiger partial charge on any atom is -0.365 e. The van der Waals surface area contributed by atoms with Crippen molar-refractivity contribution in [1.29, 1.82) is 0 Å². The molecule has 0 unspecified atom stereocenters. The van der Waals surface area contributed by atoms with Crippen LogP contribution < -0.4 is 10.6 Å². The van der Waals surface area contributed by atoms with Gasteiger partial charge in [-0.25, -0.2) is 9.97 Å². The van der Waals surface area contributed by atoms with Crippen LogP contribution in [0, 0.1) is 19.8 Å². The van der Waals surface area contributed by atoms with Crippen molar-refractivity contribution in [3.63, 3.8) is 0 Å². The highest BCUT2D eigenvalue weighted by molar-refractivity contribution is 5.96. The van der Waals surface area contributed by atoms with Gasteiger partial charge in [-0.3, -0.25) is 9.89 Å². The van der Waals surface area contributed by atoms with E-state index in [-0.39, 0.29) is 5.91 Å². The number of carbonyl (C=O) groups excluding carboxylic acids is 1. The third kappa shape index (κ3) is 3.25. The topological polar surface area (TPSA) is 95.6 Å². The van der Waals surface area contributed by atoms with Gasteiger partial charge in [0.05, 0.1) is 5.69 Å². The van der Waals surface area contributed by atoms with E-state index in [2.05, 4.69) is 44.6 Å². The molecule has 1 aliphatic heterocycles. The van der Waals surface area contributed by atoms with Gasteiger partial charge in [-0.15, -0.1) is 0 Å². The Morgan fingerprint density at radius 3 is 2.71 bits per heavy atom. The van der Waals surface area contributed by atoms with E-state index in [0.717, 1.165) is 41.2 Å². The number of H-pyrrole nitrogens is 1. The molecule has 1 amide bonds. The molecule has 0 bridgehead atoms. The third-order valence-corrected chi connectivity index (χ3v) is 4.23. The molecule has 1 aliphatic rings. The first kappa shape index (κ1) is 16.4. The van der Waals surface area contributed by atoms with Crippen LogP contribution in [-0.2, 0) is 19.4 Å². The zero-order valence-corrected chi connectivity index (χ0v) is 14.7. The molecule has 2 aromatic rings. The molecular weight excluding hydrogens is 304 g/mol. The SMILES string of the molecule is Cc1n[nH]c(C)c1CNc1nc(CC(C)C)nc2c1CCNC2=O. The molecule has 0 saturated heterocycles. The molecule has 0 saturated carbocycles. The van der Waals surface area contributed by atoms with Crippen molar-refractivity contribution in [2.45, 2.75) is 47.1 Å². The second-order valence-corrected chi connectivity index (χ2v) is 6.69. The summed E-state index contributed by atoms with van der Waals surface area (Å²) in [5.41, 5.74) is 4.57. The Bertz CT molecular complexity index is 745. The molecule has 0 radical (unpaired) electrons. The van der Waals surface area contributed by atoms with Crippen molar-refractivity contribution in [1.82, 2.24) is 25.5 Å². The van der Waals surface area contributed by atoms with Gasteiger partial charge in [-0.05, 0) is 26.2 Å². The number of rotatable bonds is 5. The molecule has 0 spiro atoms. The smallest absolute Gasteiger partial charge is 0.270 e. The fraction of sp³-hybridized carbons (Fsp3) is 0.529. The predicted octanol–water partition coefficient (Wildman–Crippen LogP) is 1.91. The fourth-order valence-corrected chi connectivity index (χ4v) is 2.95. The molecule has 3 rings (SSSR count). The highest BCUT2D eigenvalue weighted by Crippen LogP contribution is 2.22. The number of nitrogens with one attached hydrogen (secondary N) is 3. The lowest BCUT2D eigenvalue weighted by molar-refractivity contribution is 0.0940. The minimum absolute atomic E-state index is 0.109. The van der Waals surface area contributed by atoms with Gasteiger partial charge in [0.2, 0.25) is 0 Å². The van der Waals surface area contributed by atoms with Crippen LogP contribution in [0.3, 0.4) is 0 Å². The van der Waals surface area contributed by atoms with E-state index in [1.807, 2.05) is 13.8 Å². The third-order valence-electron chi connectivity index (χ3n) is 4.23. The average Bonchev–Trinajstić information content (AvgIpc) is 2.84. The normalized spacial score (nSPS) is 13.8. The van der Waals surface area contributed by atoms with Crippen molar-refractivity contribution in [2.75, 3.05) is 11.9 Å². The maximum atomic E-state index is 12.2. The Morgan fingerprint density at radius 1 is 1.25 bits per heavy atom. The fourth-order valence-electron chi connectivity index (χ4n) is 2.95. The quantitative estimate of drug-likeness (QED) is 0.779. The molecule has 0 atom stereocenters. The van der Waals surface area contributed by atoms with E-state index in [9.17, 15) is 4.79 Å². The zero-order chi connectivity index (χ0) is 17.3. The van der Waals surface area contributed by atoms with E-state index < -0.39 is 0 Å². The Balaban J connectivity index is 1.93. The summed E-state index contributed by atoms with van der Waals surface area (Å²) in [5, 5.41) is 13.5. The van der Waals surface area contributed by atoms with Crippen LogP contribution in [0.15, 0.2) is 0 Å². The standard InChI is InChI=1S/C17H24N6O/c1-9(2)7-14-20-15-12(5-6-18-17(15)24)16(21-14)19-8-13-10(3)22-23-11(13)4/h9H,5-8H2,1-4H3,(H,18,24)(H,22,23)(H,19,20,21). The molecule has 3 heterocycles. The predicted molar refractivity (Wildman–Crippen MR) is 92.0 cm³/mol. The summed E-state index contributed by atoms with van der Waals surface area (Å²) in [6.45, 7) is 9.47. The number of carbonyl (C=O) groups is 1. The number of nitrogens with zero attached hydrogens (tertiary/aromatic N) is 3. The maximum absolute atomic E-state index is 12.2. The number of hydrogen-bond acceptors (Lipinski definition) is 5. The van der Waals surface area contributed by atoms with Crippen molar-refractivity contribution in [2.24, 2.45) is 5.92 Å². The average molecular weight is 328 g/mol. The summed E-state index contributed by atoms with van der Waals surface area (Å²) >= 11 is 0. The Kier molecular flexibility index (Phi) is 4.51. The van der Waals surface area contributed by atoms with Crippen molar-refractivity contribution >= 4 is 11.7 Å². The summed E-state index contributed by atoms with van der Waals surface area (Å²) < 4.78 is 0. The second-order valence-electron chi connectivity index (χ2n) is 6.69. The number of hydrogen-bond donors (Lipinski definition) is 3. The lowest BCUT2D eigenvalue weighted by Crippen LogP contribution is -2.34. The summed E-state index contributed by atoms with van der Waals surface area (Å²) in [4.78, 5) is 21.4. The number of aromatic nitrogens is 4. The van der Waals surface area contributed by atoms with Crippen LogP contribution >= 0.6 is 0 Å². The van der Waals surface area contributed by atoms with E-state index in [1.165, 1.54) is 0 Å². The number of fused-ring (bicyclic) bond motifs is 1. The van der Waals surface area contributed by atoms with E-state index >= 15 is 0 Å². The number of aromatic amines is 1. The van der Waals surface area contributed by atoms with Gasteiger partial charge in [0.15, 0.2) is 0 Å². The molecule has 128 valence electrons. The molecule has 3 N–H and O–H groups in total. The van der Waals surface area contributed by atoms with Gasteiger partial charge >= 0.3 is 0 Å². The van der Waals surface area contributed by atoms with Gasteiger partial charge in [-0.1, -0.05) is 13.8 Å². The highest BCUT2D eigenvalue weighted by atomic mass is 16.1. The zero-order valence-electron chi connectivity index (χ0n) is 14.7. The summed E-state index contributed by atoms with van der Waals surface area (Å²) in [6, 6.07) is 0. The summed E-state index contributed by atoms with van der Waals surface area (Å²) in [5.74, 6) is 1.80. The molecule has 7 nitrogen and oxygen atoms in total. The van der Waals surface area contributed by atoms with Gasteiger partial charge in [0, 0.05) is 36.3 Å². The molecule has 7 heteroatoms. The van der Waals surface area contributed by atoms with Gasteiger partial charge in [-0.2, -0.15) is 5.10 Å². The van der Waals surface area contributed by atoms with Crippen LogP contribution in [0.25, 0.3) is 0 Å². The first-order valence-corrected chi connectivity index (χ1v) is 8.38. The molecule has 0 aliphatic carbocycles. The highest BCUT2D eigenvalue weighted by Gasteiger charge is 2.24. The molecular formula is C17H24N6O. The van der Waals surface area contributed by atoms with Crippen LogP contribution in [0.5, 0.6) is 0 Å². The lowest BCUT2D eigenvalue weighted by atomic mass is 10.0. The van der Waals surface area contributed by atoms with Gasteiger partial charge in [0.25, 0.3) is 5.91 Å². The van der Waals surface area contributed by atoms with E-state index in [1.54, 1.807) is 0 Å². The van der Waals surface area contributed by atoms with Crippen LogP contribution in [0.2, 0.25) is 0 Å². The molecule has 2 aromatic heterocycles. The first-order chi connectivity index (χ1) is 11.5. The Morgan fingerprint density at radius 2 is 2.04 bits per heavy atom. The Hall–Kier alpha value is -2.44. The number of anilines is 1. The number of amides is 1. The van der Waals surface area contributed by atoms with Gasteiger partial charge < -0.3 is 10.6 Å². The van der Waals surface area contributed by atoms with Crippen LogP contribution in [-0.4, -0.2) is 32.6 Å². The molecule has 24 heavy (non-hydrogen) atoms. The number of aryl methyl sites for hydroxylation is 2. The Labute approximate surface area is 141 Å².